The fraction of sp³-hybridized carbons (Fsp3) is 0.280. The Morgan fingerprint density at radius 2 is 1.71 bits per heavy atom. The number of carbonyl (C=O) groups excluding carboxylic acids is 2. The third kappa shape index (κ3) is 4.97. The predicted molar refractivity (Wildman–Crippen MR) is 118 cm³/mol. The van der Waals surface area contributed by atoms with Gasteiger partial charge in [-0.15, -0.1) is 0 Å². The van der Waals surface area contributed by atoms with Gasteiger partial charge >= 0.3 is 0 Å². The van der Waals surface area contributed by atoms with Gasteiger partial charge in [0.15, 0.2) is 0 Å². The van der Waals surface area contributed by atoms with Gasteiger partial charge in [-0.05, 0) is 37.5 Å². The molecule has 1 saturated heterocycles. The van der Waals surface area contributed by atoms with E-state index >= 15 is 0 Å². The molecule has 1 atom stereocenters. The summed E-state index contributed by atoms with van der Waals surface area (Å²) in [7, 11) is 0. The molecule has 2 aromatic carbocycles. The van der Waals surface area contributed by atoms with Crippen LogP contribution in [0.25, 0.3) is 0 Å². The lowest BCUT2D eigenvalue weighted by Gasteiger charge is -2.32. The van der Waals surface area contributed by atoms with Crippen LogP contribution in [0, 0.1) is 12.8 Å². The molecule has 6 heteroatoms. The van der Waals surface area contributed by atoms with Crippen molar-refractivity contribution in [2.45, 2.75) is 25.8 Å². The molecule has 1 unspecified atom stereocenters. The summed E-state index contributed by atoms with van der Waals surface area (Å²) < 4.78 is 0. The van der Waals surface area contributed by atoms with Gasteiger partial charge in [0.2, 0.25) is 5.91 Å². The van der Waals surface area contributed by atoms with Crippen LogP contribution in [0.15, 0.2) is 73.2 Å². The summed E-state index contributed by atoms with van der Waals surface area (Å²) in [5.74, 6) is -0.118. The summed E-state index contributed by atoms with van der Waals surface area (Å²) >= 11 is 0. The summed E-state index contributed by atoms with van der Waals surface area (Å²) in [6.45, 7) is 3.15. The van der Waals surface area contributed by atoms with Crippen LogP contribution in [0.3, 0.4) is 0 Å². The Labute approximate surface area is 182 Å². The number of hydrogen-bond donors (Lipinski definition) is 1. The van der Waals surface area contributed by atoms with Crippen LogP contribution in [0.5, 0.6) is 0 Å². The molecule has 0 aliphatic carbocycles. The summed E-state index contributed by atoms with van der Waals surface area (Å²) in [5, 5.41) is 3.16. The normalized spacial score (nSPS) is 15.3. The molecule has 1 N–H and O–H groups in total. The first kappa shape index (κ1) is 20.7. The number of benzene rings is 2. The van der Waals surface area contributed by atoms with Crippen molar-refractivity contribution in [3.63, 3.8) is 0 Å². The Bertz CT molecular complexity index is 975. The quantitative estimate of drug-likeness (QED) is 0.693. The van der Waals surface area contributed by atoms with E-state index in [1.54, 1.807) is 18.6 Å². The van der Waals surface area contributed by atoms with E-state index in [4.69, 9.17) is 0 Å². The molecule has 1 aliphatic heterocycles. The number of nitrogens with one attached hydrogen (secondary N) is 1. The average molecular weight is 415 g/mol. The van der Waals surface area contributed by atoms with Gasteiger partial charge < -0.3 is 10.2 Å². The van der Waals surface area contributed by atoms with E-state index in [2.05, 4.69) is 15.3 Å². The molecule has 0 saturated carbocycles. The largest absolute Gasteiger partial charge is 0.343 e. The monoisotopic (exact) mass is 414 g/mol. The average Bonchev–Trinajstić information content (AvgIpc) is 2.83. The molecule has 158 valence electrons. The minimum atomic E-state index is -0.352. The van der Waals surface area contributed by atoms with Crippen molar-refractivity contribution in [1.82, 2.24) is 20.2 Å². The molecule has 1 aliphatic rings. The molecule has 4 rings (SSSR count). The van der Waals surface area contributed by atoms with Crippen molar-refractivity contribution < 1.29 is 9.59 Å². The lowest BCUT2D eigenvalue weighted by Crippen LogP contribution is -2.44. The van der Waals surface area contributed by atoms with Gasteiger partial charge in [0, 0.05) is 37.0 Å². The first-order valence-corrected chi connectivity index (χ1v) is 10.6. The van der Waals surface area contributed by atoms with Crippen molar-refractivity contribution in [1.29, 1.82) is 0 Å². The van der Waals surface area contributed by atoms with Crippen LogP contribution in [-0.4, -0.2) is 39.8 Å². The van der Waals surface area contributed by atoms with Gasteiger partial charge in [-0.2, -0.15) is 0 Å². The zero-order chi connectivity index (χ0) is 21.6. The number of aryl methyl sites for hydroxylation is 1. The molecule has 31 heavy (non-hydrogen) atoms. The van der Waals surface area contributed by atoms with Gasteiger partial charge in [0.05, 0.1) is 17.9 Å². The van der Waals surface area contributed by atoms with Crippen molar-refractivity contribution in [3.05, 3.63) is 95.6 Å². The Balaban J connectivity index is 1.40. The summed E-state index contributed by atoms with van der Waals surface area (Å²) in [6.07, 6.45) is 6.22. The Hall–Kier alpha value is -3.54. The molecule has 1 fully saturated rings. The molecule has 2 amide bonds. The fourth-order valence-electron chi connectivity index (χ4n) is 3.92. The predicted octanol–water partition coefficient (Wildman–Crippen LogP) is 3.54. The van der Waals surface area contributed by atoms with E-state index in [1.807, 2.05) is 66.4 Å². The van der Waals surface area contributed by atoms with Gasteiger partial charge in [0.25, 0.3) is 5.91 Å². The molecule has 1 aromatic heterocycles. The third-order valence-electron chi connectivity index (χ3n) is 5.75. The summed E-state index contributed by atoms with van der Waals surface area (Å²) in [5.41, 5.74) is 3.49. The van der Waals surface area contributed by atoms with E-state index < -0.39 is 0 Å². The van der Waals surface area contributed by atoms with Gasteiger partial charge in [-0.1, -0.05) is 48.0 Å². The molecule has 0 spiro atoms. The molecular formula is C25H26N4O2. The van der Waals surface area contributed by atoms with Crippen molar-refractivity contribution in [3.8, 4) is 0 Å². The van der Waals surface area contributed by atoms with Crippen LogP contribution in [-0.2, 0) is 4.79 Å². The van der Waals surface area contributed by atoms with Crippen molar-refractivity contribution in [2.75, 3.05) is 13.1 Å². The lowest BCUT2D eigenvalue weighted by atomic mass is 9.94. The topological polar surface area (TPSA) is 75.2 Å². The number of piperidine rings is 1. The van der Waals surface area contributed by atoms with Crippen LogP contribution >= 0.6 is 0 Å². The highest BCUT2D eigenvalue weighted by Crippen LogP contribution is 2.24. The Morgan fingerprint density at radius 1 is 1.00 bits per heavy atom. The van der Waals surface area contributed by atoms with Crippen LogP contribution < -0.4 is 5.32 Å². The summed E-state index contributed by atoms with van der Waals surface area (Å²) in [4.78, 5) is 36.2. The standard InChI is InChI=1S/C25H26N4O2/c1-18-7-9-21(10-8-18)25(31)29-15-11-20(12-16-29)24(30)28-23(19-5-3-2-4-6-19)22-17-26-13-14-27-22/h2-10,13-14,17,20,23H,11-12,15-16H2,1H3,(H,28,30). The maximum Gasteiger partial charge on any atom is 0.253 e. The van der Waals surface area contributed by atoms with Crippen molar-refractivity contribution in [2.24, 2.45) is 5.92 Å². The minimum absolute atomic E-state index is 0.0121. The highest BCUT2D eigenvalue weighted by Gasteiger charge is 2.30. The van der Waals surface area contributed by atoms with Gasteiger partial charge in [0.1, 0.15) is 0 Å². The van der Waals surface area contributed by atoms with E-state index in [1.165, 1.54) is 0 Å². The maximum absolute atomic E-state index is 13.1. The zero-order valence-corrected chi connectivity index (χ0v) is 17.6. The summed E-state index contributed by atoms with van der Waals surface area (Å²) in [6, 6.07) is 17.1. The molecular weight excluding hydrogens is 388 g/mol. The number of likely N-dealkylation sites (tertiary alicyclic amines) is 1. The molecule has 2 heterocycles. The van der Waals surface area contributed by atoms with E-state index in [0.717, 1.165) is 11.1 Å². The zero-order valence-electron chi connectivity index (χ0n) is 17.6. The Morgan fingerprint density at radius 3 is 2.35 bits per heavy atom. The smallest absolute Gasteiger partial charge is 0.253 e. The molecule has 0 radical (unpaired) electrons. The highest BCUT2D eigenvalue weighted by atomic mass is 16.2. The number of aromatic nitrogens is 2. The SMILES string of the molecule is Cc1ccc(C(=O)N2CCC(C(=O)NC(c3ccccc3)c3cnccn3)CC2)cc1. The second-order valence-electron chi connectivity index (χ2n) is 7.92. The Kier molecular flexibility index (Phi) is 6.36. The van der Waals surface area contributed by atoms with Crippen LogP contribution in [0.1, 0.15) is 46.1 Å². The first-order chi connectivity index (χ1) is 15.1. The lowest BCUT2D eigenvalue weighted by molar-refractivity contribution is -0.126. The molecule has 3 aromatic rings. The second-order valence-corrected chi connectivity index (χ2v) is 7.92. The van der Waals surface area contributed by atoms with Gasteiger partial charge in [-0.3, -0.25) is 19.6 Å². The fourth-order valence-corrected chi connectivity index (χ4v) is 3.92. The van der Waals surface area contributed by atoms with E-state index in [0.29, 0.717) is 37.2 Å². The number of nitrogens with zero attached hydrogens (tertiary/aromatic N) is 3. The number of rotatable bonds is 5. The maximum atomic E-state index is 13.1. The van der Waals surface area contributed by atoms with Gasteiger partial charge in [-0.25, -0.2) is 0 Å². The number of carbonyl (C=O) groups is 2. The van der Waals surface area contributed by atoms with Crippen LogP contribution in [0.2, 0.25) is 0 Å². The van der Waals surface area contributed by atoms with E-state index in [-0.39, 0.29) is 23.8 Å². The third-order valence-corrected chi connectivity index (χ3v) is 5.75. The van der Waals surface area contributed by atoms with E-state index in [9.17, 15) is 9.59 Å². The first-order valence-electron chi connectivity index (χ1n) is 10.6. The van der Waals surface area contributed by atoms with Crippen LogP contribution in [0.4, 0.5) is 0 Å². The number of amides is 2. The number of hydrogen-bond acceptors (Lipinski definition) is 4. The second kappa shape index (κ2) is 9.51. The molecule has 0 bridgehead atoms. The van der Waals surface area contributed by atoms with Crippen molar-refractivity contribution >= 4 is 11.8 Å². The molecule has 6 nitrogen and oxygen atoms in total. The highest BCUT2D eigenvalue weighted by molar-refractivity contribution is 5.94. The minimum Gasteiger partial charge on any atom is -0.343 e.